The Bertz CT molecular complexity index is 867. The standard InChI is InChI=1S/C19H21BrN2O3S/c1-22(15-17-9-5-6-10-18(17)20)19(23)11-13-21-26(24,25)14-12-16-7-3-2-4-8-16/h2-10,12,14,21H,11,13,15H2,1H3/b14-12+. The minimum atomic E-state index is -3.58. The van der Waals surface area contributed by atoms with Crippen LogP contribution in [0.3, 0.4) is 0 Å². The van der Waals surface area contributed by atoms with Gasteiger partial charge in [-0.15, -0.1) is 0 Å². The number of nitrogens with one attached hydrogen (secondary N) is 1. The quantitative estimate of drug-likeness (QED) is 0.689. The fourth-order valence-electron chi connectivity index (χ4n) is 2.24. The smallest absolute Gasteiger partial charge is 0.233 e. The van der Waals surface area contributed by atoms with E-state index in [0.29, 0.717) is 6.54 Å². The van der Waals surface area contributed by atoms with Crippen LogP contribution in [0.4, 0.5) is 0 Å². The number of carbonyl (C=O) groups excluding carboxylic acids is 1. The van der Waals surface area contributed by atoms with Crippen LogP contribution in [0.2, 0.25) is 0 Å². The highest BCUT2D eigenvalue weighted by atomic mass is 79.9. The molecular weight excluding hydrogens is 416 g/mol. The first-order chi connectivity index (χ1) is 12.4. The summed E-state index contributed by atoms with van der Waals surface area (Å²) < 4.78 is 27.3. The van der Waals surface area contributed by atoms with Gasteiger partial charge in [0.2, 0.25) is 15.9 Å². The van der Waals surface area contributed by atoms with Gasteiger partial charge in [-0.05, 0) is 23.3 Å². The Balaban J connectivity index is 1.81. The highest BCUT2D eigenvalue weighted by Gasteiger charge is 2.12. The summed E-state index contributed by atoms with van der Waals surface area (Å²) in [7, 11) is -1.88. The van der Waals surface area contributed by atoms with Gasteiger partial charge in [0.15, 0.2) is 0 Å². The first kappa shape index (κ1) is 20.4. The molecule has 0 heterocycles. The first-order valence-electron chi connectivity index (χ1n) is 8.07. The number of nitrogens with zero attached hydrogens (tertiary/aromatic N) is 1. The minimum Gasteiger partial charge on any atom is -0.341 e. The van der Waals surface area contributed by atoms with E-state index in [1.165, 1.54) is 6.08 Å². The maximum absolute atomic E-state index is 12.2. The second-order valence-corrected chi connectivity index (χ2v) is 8.25. The number of amides is 1. The fourth-order valence-corrected chi connectivity index (χ4v) is 3.47. The normalized spacial score (nSPS) is 11.6. The van der Waals surface area contributed by atoms with Crippen molar-refractivity contribution in [1.82, 2.24) is 9.62 Å². The number of hydrogen-bond donors (Lipinski definition) is 1. The maximum Gasteiger partial charge on any atom is 0.233 e. The molecule has 2 rings (SSSR count). The molecule has 0 saturated heterocycles. The summed E-state index contributed by atoms with van der Waals surface area (Å²) in [6.45, 7) is 0.515. The molecule has 0 atom stereocenters. The molecule has 0 aliphatic rings. The highest BCUT2D eigenvalue weighted by molar-refractivity contribution is 9.10. The molecule has 0 radical (unpaired) electrons. The maximum atomic E-state index is 12.2. The van der Waals surface area contributed by atoms with E-state index in [1.54, 1.807) is 11.9 Å². The molecule has 138 valence electrons. The lowest BCUT2D eigenvalue weighted by Crippen LogP contribution is -2.31. The van der Waals surface area contributed by atoms with Gasteiger partial charge in [-0.1, -0.05) is 64.5 Å². The van der Waals surface area contributed by atoms with Crippen LogP contribution in [0.1, 0.15) is 17.5 Å². The molecular formula is C19H21BrN2O3S. The third-order valence-corrected chi connectivity index (χ3v) is 5.55. The van der Waals surface area contributed by atoms with E-state index in [4.69, 9.17) is 0 Å². The zero-order valence-corrected chi connectivity index (χ0v) is 16.8. The topological polar surface area (TPSA) is 66.5 Å². The van der Waals surface area contributed by atoms with Gasteiger partial charge in [0, 0.05) is 36.4 Å². The van der Waals surface area contributed by atoms with Crippen LogP contribution in [-0.2, 0) is 21.4 Å². The first-order valence-corrected chi connectivity index (χ1v) is 10.4. The largest absolute Gasteiger partial charge is 0.341 e. The Hall–Kier alpha value is -1.96. The third kappa shape index (κ3) is 6.74. The Morgan fingerprint density at radius 1 is 1.12 bits per heavy atom. The van der Waals surface area contributed by atoms with Crippen LogP contribution < -0.4 is 4.72 Å². The van der Waals surface area contributed by atoms with Crippen molar-refractivity contribution in [3.63, 3.8) is 0 Å². The summed E-state index contributed by atoms with van der Waals surface area (Å²) in [5.74, 6) is -0.129. The summed E-state index contributed by atoms with van der Waals surface area (Å²) in [6.07, 6.45) is 1.61. The molecule has 2 aromatic carbocycles. The van der Waals surface area contributed by atoms with Crippen molar-refractivity contribution in [3.05, 3.63) is 75.6 Å². The number of carbonyl (C=O) groups is 1. The molecule has 0 fully saturated rings. The molecule has 1 amide bonds. The van der Waals surface area contributed by atoms with Crippen molar-refractivity contribution in [3.8, 4) is 0 Å². The monoisotopic (exact) mass is 436 g/mol. The van der Waals surface area contributed by atoms with Gasteiger partial charge < -0.3 is 4.90 Å². The zero-order chi connectivity index (χ0) is 19.0. The van der Waals surface area contributed by atoms with Crippen molar-refractivity contribution in [2.45, 2.75) is 13.0 Å². The Morgan fingerprint density at radius 2 is 1.77 bits per heavy atom. The molecule has 0 bridgehead atoms. The summed E-state index contributed by atoms with van der Waals surface area (Å²) in [6, 6.07) is 16.8. The van der Waals surface area contributed by atoms with E-state index in [-0.39, 0.29) is 18.9 Å². The van der Waals surface area contributed by atoms with Crippen LogP contribution in [0, 0.1) is 0 Å². The van der Waals surface area contributed by atoms with Crippen LogP contribution in [0.15, 0.2) is 64.5 Å². The SMILES string of the molecule is CN(Cc1ccccc1Br)C(=O)CCNS(=O)(=O)/C=C/c1ccccc1. The summed E-state index contributed by atoms with van der Waals surface area (Å²) in [5, 5.41) is 1.11. The molecule has 0 spiro atoms. The summed E-state index contributed by atoms with van der Waals surface area (Å²) >= 11 is 3.45. The fraction of sp³-hybridized carbons (Fsp3) is 0.211. The van der Waals surface area contributed by atoms with Crippen molar-refractivity contribution < 1.29 is 13.2 Å². The minimum absolute atomic E-state index is 0.0561. The molecule has 26 heavy (non-hydrogen) atoms. The lowest BCUT2D eigenvalue weighted by atomic mass is 10.2. The number of halogens is 1. The van der Waals surface area contributed by atoms with Gasteiger partial charge in [-0.25, -0.2) is 13.1 Å². The van der Waals surface area contributed by atoms with Gasteiger partial charge in [0.05, 0.1) is 0 Å². The number of rotatable bonds is 8. The Kier molecular flexibility index (Phi) is 7.56. The van der Waals surface area contributed by atoms with Gasteiger partial charge in [-0.3, -0.25) is 4.79 Å². The molecule has 7 heteroatoms. The van der Waals surface area contributed by atoms with E-state index in [0.717, 1.165) is 21.0 Å². The van der Waals surface area contributed by atoms with Crippen molar-refractivity contribution in [1.29, 1.82) is 0 Å². The molecule has 2 aromatic rings. The second-order valence-electron chi connectivity index (χ2n) is 5.74. The lowest BCUT2D eigenvalue weighted by molar-refractivity contribution is -0.130. The lowest BCUT2D eigenvalue weighted by Gasteiger charge is -2.18. The molecule has 5 nitrogen and oxygen atoms in total. The predicted molar refractivity (Wildman–Crippen MR) is 108 cm³/mol. The van der Waals surface area contributed by atoms with Gasteiger partial charge in [0.1, 0.15) is 0 Å². The molecule has 0 saturated carbocycles. The van der Waals surface area contributed by atoms with Gasteiger partial charge >= 0.3 is 0 Å². The third-order valence-electron chi connectivity index (χ3n) is 3.67. The van der Waals surface area contributed by atoms with E-state index in [2.05, 4.69) is 20.7 Å². The average molecular weight is 437 g/mol. The number of benzene rings is 2. The van der Waals surface area contributed by atoms with E-state index < -0.39 is 10.0 Å². The molecule has 0 unspecified atom stereocenters. The highest BCUT2D eigenvalue weighted by Crippen LogP contribution is 2.17. The van der Waals surface area contributed by atoms with Gasteiger partial charge in [-0.2, -0.15) is 0 Å². The molecule has 0 aliphatic carbocycles. The second kappa shape index (κ2) is 9.66. The zero-order valence-electron chi connectivity index (χ0n) is 14.4. The van der Waals surface area contributed by atoms with Crippen molar-refractivity contribution in [2.75, 3.05) is 13.6 Å². The molecule has 0 aromatic heterocycles. The summed E-state index contributed by atoms with van der Waals surface area (Å²) in [5.41, 5.74) is 1.79. The summed E-state index contributed by atoms with van der Waals surface area (Å²) in [4.78, 5) is 13.8. The van der Waals surface area contributed by atoms with E-state index in [9.17, 15) is 13.2 Å². The Labute approximate surface area is 162 Å². The van der Waals surface area contributed by atoms with Crippen LogP contribution in [-0.4, -0.2) is 32.8 Å². The predicted octanol–water partition coefficient (Wildman–Crippen LogP) is 3.39. The Morgan fingerprint density at radius 3 is 2.46 bits per heavy atom. The molecule has 1 N–H and O–H groups in total. The van der Waals surface area contributed by atoms with E-state index >= 15 is 0 Å². The van der Waals surface area contributed by atoms with Crippen LogP contribution in [0.5, 0.6) is 0 Å². The number of hydrogen-bond acceptors (Lipinski definition) is 3. The van der Waals surface area contributed by atoms with Crippen molar-refractivity contribution in [2.24, 2.45) is 0 Å². The van der Waals surface area contributed by atoms with Crippen LogP contribution in [0.25, 0.3) is 6.08 Å². The van der Waals surface area contributed by atoms with E-state index in [1.807, 2.05) is 54.6 Å². The average Bonchev–Trinajstić information content (AvgIpc) is 2.62. The van der Waals surface area contributed by atoms with Crippen molar-refractivity contribution >= 4 is 37.9 Å². The number of sulfonamides is 1. The molecule has 0 aliphatic heterocycles. The van der Waals surface area contributed by atoms with Gasteiger partial charge in [0.25, 0.3) is 0 Å². The van der Waals surface area contributed by atoms with Crippen LogP contribution >= 0.6 is 15.9 Å².